The van der Waals surface area contributed by atoms with Crippen molar-refractivity contribution in [2.75, 3.05) is 11.5 Å². The van der Waals surface area contributed by atoms with Crippen molar-refractivity contribution < 1.29 is 8.42 Å². The molecule has 0 bridgehead atoms. The molecule has 0 aromatic carbocycles. The fourth-order valence-electron chi connectivity index (χ4n) is 2.11. The predicted octanol–water partition coefficient (Wildman–Crippen LogP) is 2.03. The van der Waals surface area contributed by atoms with Crippen molar-refractivity contribution in [2.45, 2.75) is 51.5 Å². The minimum Gasteiger partial charge on any atom is -0.324 e. The smallest absolute Gasteiger partial charge is 0.150 e. The molecule has 4 heteroatoms. The molecular formula is C12H23NO2S. The Labute approximate surface area is 99.0 Å². The van der Waals surface area contributed by atoms with Gasteiger partial charge in [-0.1, -0.05) is 25.0 Å². The highest BCUT2D eigenvalue weighted by atomic mass is 32.2. The van der Waals surface area contributed by atoms with Crippen molar-refractivity contribution in [1.29, 1.82) is 0 Å². The minimum atomic E-state index is -2.84. The summed E-state index contributed by atoms with van der Waals surface area (Å²) in [5.41, 5.74) is 7.14. The average Bonchev–Trinajstić information content (AvgIpc) is 2.40. The molecule has 2 N–H and O–H groups in total. The van der Waals surface area contributed by atoms with Crippen LogP contribution in [0.3, 0.4) is 0 Å². The summed E-state index contributed by atoms with van der Waals surface area (Å²) in [6.45, 7) is 1.90. The molecule has 1 atom stereocenters. The number of hydrogen-bond donors (Lipinski definition) is 1. The van der Waals surface area contributed by atoms with Crippen molar-refractivity contribution in [3.05, 3.63) is 11.6 Å². The van der Waals surface area contributed by atoms with Crippen LogP contribution in [0, 0.1) is 0 Å². The molecule has 3 nitrogen and oxygen atoms in total. The zero-order valence-corrected chi connectivity index (χ0v) is 10.9. The van der Waals surface area contributed by atoms with E-state index in [2.05, 4.69) is 6.08 Å². The van der Waals surface area contributed by atoms with Crippen LogP contribution in [0.4, 0.5) is 0 Å². The van der Waals surface area contributed by atoms with Gasteiger partial charge in [0.1, 0.15) is 0 Å². The molecule has 0 aromatic rings. The van der Waals surface area contributed by atoms with E-state index in [0.29, 0.717) is 24.3 Å². The summed E-state index contributed by atoms with van der Waals surface area (Å²) in [6, 6.07) is 0.131. The van der Waals surface area contributed by atoms with E-state index in [9.17, 15) is 8.42 Å². The van der Waals surface area contributed by atoms with Gasteiger partial charge in [0.15, 0.2) is 9.84 Å². The SMILES string of the molecule is CCCS(=O)(=O)CCC1=CC(N)CCCC1. The summed E-state index contributed by atoms with van der Waals surface area (Å²) in [4.78, 5) is 0. The third kappa shape index (κ3) is 5.12. The van der Waals surface area contributed by atoms with Crippen LogP contribution in [0.2, 0.25) is 0 Å². The second kappa shape index (κ2) is 6.40. The molecule has 0 spiro atoms. The highest BCUT2D eigenvalue weighted by molar-refractivity contribution is 7.91. The Kier molecular flexibility index (Phi) is 5.49. The Morgan fingerprint density at radius 2 is 2.12 bits per heavy atom. The lowest BCUT2D eigenvalue weighted by molar-refractivity contribution is 0.593. The zero-order chi connectivity index (χ0) is 12.0. The minimum absolute atomic E-state index is 0.131. The Morgan fingerprint density at radius 1 is 1.38 bits per heavy atom. The van der Waals surface area contributed by atoms with Gasteiger partial charge in [-0.2, -0.15) is 0 Å². The van der Waals surface area contributed by atoms with Gasteiger partial charge < -0.3 is 5.73 Å². The van der Waals surface area contributed by atoms with Crippen LogP contribution in [0.15, 0.2) is 11.6 Å². The van der Waals surface area contributed by atoms with Gasteiger partial charge in [0.25, 0.3) is 0 Å². The van der Waals surface area contributed by atoms with Gasteiger partial charge in [0.05, 0.1) is 5.75 Å². The molecule has 16 heavy (non-hydrogen) atoms. The van der Waals surface area contributed by atoms with Crippen LogP contribution in [0.25, 0.3) is 0 Å². The third-order valence-electron chi connectivity index (χ3n) is 2.98. The van der Waals surface area contributed by atoms with Crippen molar-refractivity contribution >= 4 is 9.84 Å². The number of hydrogen-bond acceptors (Lipinski definition) is 3. The summed E-state index contributed by atoms with van der Waals surface area (Å²) < 4.78 is 23.2. The van der Waals surface area contributed by atoms with Crippen LogP contribution in [0.1, 0.15) is 45.4 Å². The van der Waals surface area contributed by atoms with Gasteiger partial charge in [0, 0.05) is 11.8 Å². The third-order valence-corrected chi connectivity index (χ3v) is 4.84. The van der Waals surface area contributed by atoms with Gasteiger partial charge >= 0.3 is 0 Å². The zero-order valence-electron chi connectivity index (χ0n) is 10.1. The number of allylic oxidation sites excluding steroid dienone is 1. The molecule has 1 aliphatic carbocycles. The lowest BCUT2D eigenvalue weighted by Crippen LogP contribution is -2.16. The van der Waals surface area contributed by atoms with Crippen molar-refractivity contribution in [3.63, 3.8) is 0 Å². The lowest BCUT2D eigenvalue weighted by Gasteiger charge is -2.07. The molecule has 0 radical (unpaired) electrons. The van der Waals surface area contributed by atoms with E-state index in [-0.39, 0.29) is 6.04 Å². The van der Waals surface area contributed by atoms with E-state index in [4.69, 9.17) is 5.73 Å². The molecule has 0 saturated heterocycles. The summed E-state index contributed by atoms with van der Waals surface area (Å²) in [6.07, 6.45) is 7.82. The average molecular weight is 245 g/mol. The fraction of sp³-hybridized carbons (Fsp3) is 0.833. The van der Waals surface area contributed by atoms with E-state index in [0.717, 1.165) is 25.7 Å². The molecule has 0 saturated carbocycles. The quantitative estimate of drug-likeness (QED) is 0.754. The van der Waals surface area contributed by atoms with Crippen LogP contribution in [0.5, 0.6) is 0 Å². The highest BCUT2D eigenvalue weighted by Gasteiger charge is 2.13. The molecular weight excluding hydrogens is 222 g/mol. The number of nitrogens with two attached hydrogens (primary N) is 1. The van der Waals surface area contributed by atoms with Crippen LogP contribution >= 0.6 is 0 Å². The van der Waals surface area contributed by atoms with E-state index < -0.39 is 9.84 Å². The van der Waals surface area contributed by atoms with Crippen molar-refractivity contribution in [2.24, 2.45) is 5.73 Å². The van der Waals surface area contributed by atoms with Gasteiger partial charge in [-0.3, -0.25) is 0 Å². The molecule has 94 valence electrons. The monoisotopic (exact) mass is 245 g/mol. The first-order valence-corrected chi connectivity index (χ1v) is 8.01. The standard InChI is InChI=1S/C12H23NO2S/c1-2-8-16(14,15)9-7-11-5-3-4-6-12(13)10-11/h10,12H,2-9,13H2,1H3. The van der Waals surface area contributed by atoms with E-state index in [1.54, 1.807) is 0 Å². The topological polar surface area (TPSA) is 60.2 Å². The van der Waals surface area contributed by atoms with Gasteiger partial charge in [0.2, 0.25) is 0 Å². The maximum atomic E-state index is 11.6. The van der Waals surface area contributed by atoms with Crippen LogP contribution in [-0.4, -0.2) is 26.0 Å². The summed E-state index contributed by atoms with van der Waals surface area (Å²) >= 11 is 0. The van der Waals surface area contributed by atoms with Gasteiger partial charge in [-0.25, -0.2) is 8.42 Å². The maximum absolute atomic E-state index is 11.6. The molecule has 0 fully saturated rings. The highest BCUT2D eigenvalue weighted by Crippen LogP contribution is 2.20. The summed E-state index contributed by atoms with van der Waals surface area (Å²) in [7, 11) is -2.84. The molecule has 1 aliphatic rings. The largest absolute Gasteiger partial charge is 0.324 e. The van der Waals surface area contributed by atoms with Crippen molar-refractivity contribution in [1.82, 2.24) is 0 Å². The van der Waals surface area contributed by atoms with Crippen LogP contribution in [-0.2, 0) is 9.84 Å². The maximum Gasteiger partial charge on any atom is 0.150 e. The molecule has 0 aromatic heterocycles. The summed E-state index contributed by atoms with van der Waals surface area (Å²) in [5, 5.41) is 0. The number of sulfone groups is 1. The van der Waals surface area contributed by atoms with Crippen LogP contribution < -0.4 is 5.73 Å². The molecule has 1 unspecified atom stereocenters. The van der Waals surface area contributed by atoms with E-state index in [1.807, 2.05) is 6.92 Å². The predicted molar refractivity (Wildman–Crippen MR) is 68.1 cm³/mol. The fourth-order valence-corrected chi connectivity index (χ4v) is 3.51. The second-order valence-corrected chi connectivity index (χ2v) is 6.94. The first kappa shape index (κ1) is 13.7. The first-order valence-electron chi connectivity index (χ1n) is 6.19. The van der Waals surface area contributed by atoms with Crippen molar-refractivity contribution in [3.8, 4) is 0 Å². The van der Waals surface area contributed by atoms with E-state index in [1.165, 1.54) is 5.57 Å². The van der Waals surface area contributed by atoms with Gasteiger partial charge in [-0.05, 0) is 32.1 Å². The second-order valence-electron chi connectivity index (χ2n) is 4.64. The molecule has 0 heterocycles. The molecule has 0 aliphatic heterocycles. The Hall–Kier alpha value is -0.350. The normalized spacial score (nSPS) is 22.6. The first-order chi connectivity index (χ1) is 7.53. The van der Waals surface area contributed by atoms with Gasteiger partial charge in [-0.15, -0.1) is 0 Å². The number of rotatable bonds is 5. The Bertz CT molecular complexity index is 333. The molecule has 0 amide bonds. The van der Waals surface area contributed by atoms with E-state index >= 15 is 0 Å². The lowest BCUT2D eigenvalue weighted by atomic mass is 10.1. The summed E-state index contributed by atoms with van der Waals surface area (Å²) in [5.74, 6) is 0.603. The molecule has 1 rings (SSSR count). The Morgan fingerprint density at radius 3 is 2.81 bits per heavy atom. The Balaban J connectivity index is 2.47.